The van der Waals surface area contributed by atoms with Crippen LogP contribution in [-0.4, -0.2) is 19.3 Å². The Balaban J connectivity index is 2.37. The van der Waals surface area contributed by atoms with E-state index in [0.717, 1.165) is 5.56 Å². The quantitative estimate of drug-likeness (QED) is 0.806. The van der Waals surface area contributed by atoms with Gasteiger partial charge >= 0.3 is 6.18 Å². The van der Waals surface area contributed by atoms with Crippen molar-refractivity contribution in [3.8, 4) is 6.07 Å². The van der Waals surface area contributed by atoms with E-state index in [-0.39, 0.29) is 13.1 Å². The molecule has 0 bridgehead atoms. The average molecular weight is 242 g/mol. The van der Waals surface area contributed by atoms with Gasteiger partial charge in [0.2, 0.25) is 0 Å². The summed E-state index contributed by atoms with van der Waals surface area (Å²) in [5.74, 6) is -0.413. The summed E-state index contributed by atoms with van der Waals surface area (Å²) >= 11 is 0. The van der Waals surface area contributed by atoms with E-state index in [9.17, 15) is 13.2 Å². The molecule has 1 aromatic rings. The molecule has 1 atom stereocenters. The lowest BCUT2D eigenvalue weighted by Gasteiger charge is -2.11. The number of nitriles is 1. The highest BCUT2D eigenvalue weighted by molar-refractivity contribution is 5.24. The molecule has 0 fully saturated rings. The number of rotatable bonds is 5. The molecule has 1 aromatic carbocycles. The largest absolute Gasteiger partial charge is 0.390 e. The van der Waals surface area contributed by atoms with Gasteiger partial charge in [-0.3, -0.25) is 0 Å². The second-order valence-electron chi connectivity index (χ2n) is 3.66. The summed E-state index contributed by atoms with van der Waals surface area (Å²) in [6, 6.07) is 11.1. The van der Waals surface area contributed by atoms with Gasteiger partial charge in [-0.2, -0.15) is 18.4 Å². The van der Waals surface area contributed by atoms with E-state index >= 15 is 0 Å². The van der Waals surface area contributed by atoms with Gasteiger partial charge in [0, 0.05) is 13.1 Å². The zero-order valence-electron chi connectivity index (χ0n) is 9.17. The first-order chi connectivity index (χ1) is 8.03. The van der Waals surface area contributed by atoms with Crippen LogP contribution in [0, 0.1) is 11.3 Å². The molecule has 0 radical (unpaired) electrons. The van der Waals surface area contributed by atoms with Crippen molar-refractivity contribution in [1.29, 1.82) is 5.26 Å². The minimum atomic E-state index is -4.15. The average Bonchev–Trinajstić information content (AvgIpc) is 2.29. The second kappa shape index (κ2) is 6.26. The third-order valence-electron chi connectivity index (χ3n) is 2.29. The van der Waals surface area contributed by atoms with Crippen molar-refractivity contribution in [3.05, 3.63) is 35.9 Å². The third kappa shape index (κ3) is 5.36. The molecule has 1 N–H and O–H groups in total. The fraction of sp³-hybridized carbons (Fsp3) is 0.417. The molecule has 0 spiro atoms. The molecule has 1 rings (SSSR count). The molecular weight excluding hydrogens is 229 g/mol. The van der Waals surface area contributed by atoms with E-state index in [1.54, 1.807) is 24.3 Å². The molecule has 0 amide bonds. The number of hydrogen-bond acceptors (Lipinski definition) is 2. The number of halogens is 3. The highest BCUT2D eigenvalue weighted by Gasteiger charge is 2.26. The Morgan fingerprint density at radius 2 is 1.88 bits per heavy atom. The van der Waals surface area contributed by atoms with E-state index < -0.39 is 18.5 Å². The maximum atomic E-state index is 11.9. The monoisotopic (exact) mass is 242 g/mol. The number of benzene rings is 1. The van der Waals surface area contributed by atoms with Crippen LogP contribution in [-0.2, 0) is 0 Å². The predicted octanol–water partition coefficient (Wildman–Crippen LogP) is 2.84. The van der Waals surface area contributed by atoms with Crippen LogP contribution >= 0.6 is 0 Å². The van der Waals surface area contributed by atoms with Crippen molar-refractivity contribution in [1.82, 2.24) is 5.32 Å². The highest BCUT2D eigenvalue weighted by atomic mass is 19.4. The summed E-state index contributed by atoms with van der Waals surface area (Å²) < 4.78 is 35.6. The molecule has 0 aromatic heterocycles. The summed E-state index contributed by atoms with van der Waals surface area (Å²) in [5.41, 5.74) is 0.814. The first-order valence-corrected chi connectivity index (χ1v) is 5.25. The van der Waals surface area contributed by atoms with Crippen LogP contribution in [0.25, 0.3) is 0 Å². The van der Waals surface area contributed by atoms with Crippen LogP contribution in [0.4, 0.5) is 13.2 Å². The summed E-state index contributed by atoms with van der Waals surface area (Å²) in [6.07, 6.45) is -5.03. The first-order valence-electron chi connectivity index (χ1n) is 5.25. The Labute approximate surface area is 98.1 Å². The van der Waals surface area contributed by atoms with E-state index in [0.29, 0.717) is 0 Å². The fourth-order valence-electron chi connectivity index (χ4n) is 1.40. The normalized spacial score (nSPS) is 13.1. The van der Waals surface area contributed by atoms with Gasteiger partial charge in [-0.15, -0.1) is 0 Å². The van der Waals surface area contributed by atoms with Gasteiger partial charge < -0.3 is 5.32 Å². The SMILES string of the molecule is N#CC(CNCCC(F)(F)F)c1ccccc1. The summed E-state index contributed by atoms with van der Waals surface area (Å²) in [6.45, 7) is 0.0745. The molecule has 0 saturated heterocycles. The maximum absolute atomic E-state index is 11.9. The van der Waals surface area contributed by atoms with Gasteiger partial charge in [0.25, 0.3) is 0 Å². The molecule has 1 unspecified atom stereocenters. The Morgan fingerprint density at radius 1 is 1.24 bits per heavy atom. The lowest BCUT2D eigenvalue weighted by molar-refractivity contribution is -0.133. The number of alkyl halides is 3. The second-order valence-corrected chi connectivity index (χ2v) is 3.66. The van der Waals surface area contributed by atoms with Crippen molar-refractivity contribution in [2.24, 2.45) is 0 Å². The molecule has 92 valence electrons. The standard InChI is InChI=1S/C12H13F3N2/c13-12(14,15)6-7-17-9-11(8-16)10-4-2-1-3-5-10/h1-5,11,17H,6-7,9H2. The fourth-order valence-corrected chi connectivity index (χ4v) is 1.40. The van der Waals surface area contributed by atoms with E-state index in [2.05, 4.69) is 11.4 Å². The molecule has 0 saturated carbocycles. The van der Waals surface area contributed by atoms with Crippen LogP contribution in [0.2, 0.25) is 0 Å². The number of hydrogen-bond donors (Lipinski definition) is 1. The lowest BCUT2D eigenvalue weighted by Crippen LogP contribution is -2.25. The van der Waals surface area contributed by atoms with E-state index in [4.69, 9.17) is 5.26 Å². The van der Waals surface area contributed by atoms with Crippen LogP contribution in [0.15, 0.2) is 30.3 Å². The van der Waals surface area contributed by atoms with Gasteiger partial charge in [-0.1, -0.05) is 30.3 Å². The highest BCUT2D eigenvalue weighted by Crippen LogP contribution is 2.18. The van der Waals surface area contributed by atoms with Crippen LogP contribution < -0.4 is 5.32 Å². The van der Waals surface area contributed by atoms with Crippen molar-refractivity contribution in [2.45, 2.75) is 18.5 Å². The first kappa shape index (κ1) is 13.5. The molecule has 2 nitrogen and oxygen atoms in total. The molecule has 0 aliphatic carbocycles. The van der Waals surface area contributed by atoms with Crippen LogP contribution in [0.5, 0.6) is 0 Å². The Bertz CT molecular complexity index is 368. The van der Waals surface area contributed by atoms with Crippen molar-refractivity contribution in [2.75, 3.05) is 13.1 Å². The molecule has 0 aliphatic rings. The predicted molar refractivity (Wildman–Crippen MR) is 58.3 cm³/mol. The van der Waals surface area contributed by atoms with Crippen molar-refractivity contribution < 1.29 is 13.2 Å². The molecular formula is C12H13F3N2. The van der Waals surface area contributed by atoms with E-state index in [1.807, 2.05) is 6.07 Å². The number of nitrogens with zero attached hydrogens (tertiary/aromatic N) is 1. The maximum Gasteiger partial charge on any atom is 0.390 e. The van der Waals surface area contributed by atoms with Crippen molar-refractivity contribution in [3.63, 3.8) is 0 Å². The van der Waals surface area contributed by atoms with Crippen LogP contribution in [0.1, 0.15) is 17.9 Å². The minimum absolute atomic E-state index is 0.158. The van der Waals surface area contributed by atoms with Gasteiger partial charge in [-0.05, 0) is 5.56 Å². The molecule has 0 heterocycles. The summed E-state index contributed by atoms with van der Waals surface area (Å²) in [5, 5.41) is 11.6. The lowest BCUT2D eigenvalue weighted by atomic mass is 10.0. The summed E-state index contributed by atoms with van der Waals surface area (Å²) in [7, 11) is 0. The van der Waals surface area contributed by atoms with E-state index in [1.165, 1.54) is 0 Å². The topological polar surface area (TPSA) is 35.8 Å². The van der Waals surface area contributed by atoms with Crippen molar-refractivity contribution >= 4 is 0 Å². The van der Waals surface area contributed by atoms with Gasteiger partial charge in [0.15, 0.2) is 0 Å². The van der Waals surface area contributed by atoms with Gasteiger partial charge in [-0.25, -0.2) is 0 Å². The Morgan fingerprint density at radius 3 is 2.41 bits per heavy atom. The smallest absolute Gasteiger partial charge is 0.315 e. The third-order valence-corrected chi connectivity index (χ3v) is 2.29. The summed E-state index contributed by atoms with van der Waals surface area (Å²) in [4.78, 5) is 0. The zero-order valence-corrected chi connectivity index (χ0v) is 9.17. The Hall–Kier alpha value is -1.54. The minimum Gasteiger partial charge on any atom is -0.315 e. The van der Waals surface area contributed by atoms with Crippen LogP contribution in [0.3, 0.4) is 0 Å². The Kier molecular flexibility index (Phi) is 4.98. The number of nitrogens with one attached hydrogen (secondary N) is 1. The molecule has 17 heavy (non-hydrogen) atoms. The molecule has 5 heteroatoms. The van der Waals surface area contributed by atoms with Gasteiger partial charge in [0.05, 0.1) is 18.4 Å². The molecule has 0 aliphatic heterocycles. The van der Waals surface area contributed by atoms with Gasteiger partial charge in [0.1, 0.15) is 0 Å². The zero-order chi connectivity index (χ0) is 12.7.